The van der Waals surface area contributed by atoms with E-state index in [4.69, 9.17) is 0 Å². The van der Waals surface area contributed by atoms with Gasteiger partial charge in [0.1, 0.15) is 6.67 Å². The van der Waals surface area contributed by atoms with Gasteiger partial charge in [-0.15, -0.1) is 0 Å². The van der Waals surface area contributed by atoms with Crippen molar-refractivity contribution in [2.24, 2.45) is 0 Å². The van der Waals surface area contributed by atoms with Gasteiger partial charge >= 0.3 is 0 Å². The fourth-order valence-electron chi connectivity index (χ4n) is 0.826. The van der Waals surface area contributed by atoms with Crippen LogP contribution in [0.2, 0.25) is 0 Å². The fraction of sp³-hybridized carbons (Fsp3) is 0.143. The van der Waals surface area contributed by atoms with E-state index in [9.17, 15) is 0 Å². The van der Waals surface area contributed by atoms with E-state index in [2.05, 4.69) is 22.6 Å². The van der Waals surface area contributed by atoms with Gasteiger partial charge in [0.05, 0.1) is 5.69 Å². The number of hydrogen-bond donors (Lipinski definition) is 1. The van der Waals surface area contributed by atoms with Crippen molar-refractivity contribution in [2.75, 3.05) is 11.7 Å². The molecule has 9 heavy (non-hydrogen) atoms. The standard InChI is InChI=1S/C7H8N2/c1-2-4-7(5-3-1)9-6-8-9/h1-5,8H,6H2. The summed E-state index contributed by atoms with van der Waals surface area (Å²) in [6, 6.07) is 10.3. The molecule has 1 N–H and O–H groups in total. The molecule has 1 aromatic carbocycles. The van der Waals surface area contributed by atoms with Crippen molar-refractivity contribution in [1.29, 1.82) is 0 Å². The summed E-state index contributed by atoms with van der Waals surface area (Å²) >= 11 is 0. The summed E-state index contributed by atoms with van der Waals surface area (Å²) in [4.78, 5) is 0. The number of benzene rings is 1. The lowest BCUT2D eigenvalue weighted by Gasteiger charge is -1.96. The predicted octanol–water partition coefficient (Wildman–Crippen LogP) is 0.969. The molecule has 1 saturated heterocycles. The van der Waals surface area contributed by atoms with Gasteiger partial charge in [0, 0.05) is 0 Å². The average Bonchev–Trinajstić information content (AvgIpc) is 2.71. The molecular weight excluding hydrogens is 112 g/mol. The second-order valence-corrected chi connectivity index (χ2v) is 2.08. The van der Waals surface area contributed by atoms with Crippen LogP contribution in [0.4, 0.5) is 5.69 Å². The molecule has 0 amide bonds. The van der Waals surface area contributed by atoms with Crippen molar-refractivity contribution in [3.63, 3.8) is 0 Å². The van der Waals surface area contributed by atoms with E-state index in [0.29, 0.717) is 0 Å². The normalized spacial score (nSPS) is 15.8. The Hall–Kier alpha value is -1.02. The maximum Gasteiger partial charge on any atom is 0.101 e. The smallest absolute Gasteiger partial charge is 0.101 e. The summed E-state index contributed by atoms with van der Waals surface area (Å²) in [7, 11) is 0. The van der Waals surface area contributed by atoms with E-state index >= 15 is 0 Å². The number of hydrazine groups is 1. The highest BCUT2D eigenvalue weighted by Gasteiger charge is 2.14. The molecular formula is C7H8N2. The lowest BCUT2D eigenvalue weighted by Crippen LogP contribution is -1.93. The summed E-state index contributed by atoms with van der Waals surface area (Å²) in [5, 5.41) is 2.08. The zero-order valence-corrected chi connectivity index (χ0v) is 5.04. The number of hydrogen-bond acceptors (Lipinski definition) is 2. The minimum Gasteiger partial charge on any atom is -0.291 e. The lowest BCUT2D eigenvalue weighted by atomic mass is 10.3. The molecule has 1 aliphatic heterocycles. The Morgan fingerprint density at radius 1 is 1.22 bits per heavy atom. The molecule has 0 aliphatic carbocycles. The van der Waals surface area contributed by atoms with E-state index in [-0.39, 0.29) is 0 Å². The number of para-hydroxylation sites is 1. The molecule has 0 radical (unpaired) electrons. The minimum atomic E-state index is 0.990. The van der Waals surface area contributed by atoms with Gasteiger partial charge in [0.15, 0.2) is 0 Å². The second-order valence-electron chi connectivity index (χ2n) is 2.08. The summed E-state index contributed by atoms with van der Waals surface area (Å²) in [6.45, 7) is 0.990. The Morgan fingerprint density at radius 2 is 1.89 bits per heavy atom. The first kappa shape index (κ1) is 4.82. The highest BCUT2D eigenvalue weighted by atomic mass is 15.7. The Bertz CT molecular complexity index is 191. The molecule has 0 bridgehead atoms. The Kier molecular flexibility index (Phi) is 0.932. The van der Waals surface area contributed by atoms with Gasteiger partial charge in [-0.3, -0.25) is 5.01 Å². The van der Waals surface area contributed by atoms with Crippen LogP contribution in [0.15, 0.2) is 30.3 Å². The third-order valence-corrected chi connectivity index (χ3v) is 1.38. The SMILES string of the molecule is c1ccc(N2CN2)cc1. The van der Waals surface area contributed by atoms with Crippen LogP contribution in [-0.2, 0) is 0 Å². The average molecular weight is 120 g/mol. The Labute approximate surface area is 54.1 Å². The fourth-order valence-corrected chi connectivity index (χ4v) is 0.826. The molecule has 1 fully saturated rings. The number of nitrogens with zero attached hydrogens (tertiary/aromatic N) is 1. The first-order valence-corrected chi connectivity index (χ1v) is 3.03. The van der Waals surface area contributed by atoms with E-state index in [1.807, 2.05) is 18.2 Å². The van der Waals surface area contributed by atoms with Crippen LogP contribution in [0.25, 0.3) is 0 Å². The minimum absolute atomic E-state index is 0.990. The van der Waals surface area contributed by atoms with Crippen molar-refractivity contribution in [3.8, 4) is 0 Å². The van der Waals surface area contributed by atoms with E-state index in [1.54, 1.807) is 0 Å². The topological polar surface area (TPSA) is 25.0 Å². The van der Waals surface area contributed by atoms with E-state index in [0.717, 1.165) is 6.67 Å². The molecule has 1 aliphatic rings. The Balaban J connectivity index is 2.29. The third kappa shape index (κ3) is 0.886. The number of anilines is 1. The molecule has 2 heteroatoms. The molecule has 46 valence electrons. The molecule has 0 unspecified atom stereocenters. The van der Waals surface area contributed by atoms with Crippen LogP contribution in [0.3, 0.4) is 0 Å². The van der Waals surface area contributed by atoms with Crippen molar-refractivity contribution in [3.05, 3.63) is 30.3 Å². The summed E-state index contributed by atoms with van der Waals surface area (Å²) in [5.74, 6) is 0. The summed E-state index contributed by atoms with van der Waals surface area (Å²) in [5.41, 5.74) is 4.33. The first-order valence-electron chi connectivity index (χ1n) is 3.03. The monoisotopic (exact) mass is 120 g/mol. The molecule has 2 nitrogen and oxygen atoms in total. The molecule has 0 spiro atoms. The number of rotatable bonds is 1. The van der Waals surface area contributed by atoms with Gasteiger partial charge in [-0.2, -0.15) is 0 Å². The molecule has 0 saturated carbocycles. The van der Waals surface area contributed by atoms with E-state index in [1.165, 1.54) is 5.69 Å². The molecule has 1 heterocycles. The highest BCUT2D eigenvalue weighted by Crippen LogP contribution is 2.14. The van der Waals surface area contributed by atoms with Crippen LogP contribution in [0, 0.1) is 0 Å². The predicted molar refractivity (Wildman–Crippen MR) is 36.9 cm³/mol. The second kappa shape index (κ2) is 1.74. The number of nitrogens with one attached hydrogen (secondary N) is 1. The van der Waals surface area contributed by atoms with Crippen molar-refractivity contribution < 1.29 is 0 Å². The lowest BCUT2D eigenvalue weighted by molar-refractivity contribution is 1.24. The van der Waals surface area contributed by atoms with Crippen LogP contribution in [-0.4, -0.2) is 6.67 Å². The van der Waals surface area contributed by atoms with Crippen molar-refractivity contribution in [2.45, 2.75) is 0 Å². The van der Waals surface area contributed by atoms with Gasteiger partial charge in [-0.05, 0) is 12.1 Å². The molecule has 0 atom stereocenters. The van der Waals surface area contributed by atoms with Gasteiger partial charge in [-0.1, -0.05) is 18.2 Å². The van der Waals surface area contributed by atoms with Crippen LogP contribution in [0.5, 0.6) is 0 Å². The van der Waals surface area contributed by atoms with Crippen molar-refractivity contribution in [1.82, 2.24) is 5.43 Å². The van der Waals surface area contributed by atoms with Crippen molar-refractivity contribution >= 4 is 5.69 Å². The largest absolute Gasteiger partial charge is 0.291 e. The molecule has 2 rings (SSSR count). The summed E-state index contributed by atoms with van der Waals surface area (Å²) < 4.78 is 0. The van der Waals surface area contributed by atoms with Crippen LogP contribution in [0.1, 0.15) is 0 Å². The van der Waals surface area contributed by atoms with E-state index < -0.39 is 0 Å². The maximum atomic E-state index is 3.08. The zero-order chi connectivity index (χ0) is 6.10. The first-order chi connectivity index (χ1) is 4.47. The van der Waals surface area contributed by atoms with Gasteiger partial charge < -0.3 is 0 Å². The molecule has 1 aromatic rings. The zero-order valence-electron chi connectivity index (χ0n) is 5.04. The third-order valence-electron chi connectivity index (χ3n) is 1.38. The summed E-state index contributed by atoms with van der Waals surface area (Å²) in [6.07, 6.45) is 0. The Morgan fingerprint density at radius 3 is 2.44 bits per heavy atom. The van der Waals surface area contributed by atoms with Crippen LogP contribution >= 0.6 is 0 Å². The van der Waals surface area contributed by atoms with Gasteiger partial charge in [-0.25, -0.2) is 5.43 Å². The highest BCUT2D eigenvalue weighted by molar-refractivity contribution is 5.47. The quantitative estimate of drug-likeness (QED) is 0.558. The van der Waals surface area contributed by atoms with Crippen LogP contribution < -0.4 is 10.4 Å². The van der Waals surface area contributed by atoms with Gasteiger partial charge in [0.25, 0.3) is 0 Å². The van der Waals surface area contributed by atoms with Gasteiger partial charge in [0.2, 0.25) is 0 Å². The molecule has 0 aromatic heterocycles. The maximum absolute atomic E-state index is 3.08.